The standard InChI is InChI=1S/C9H12BrNO2/c1-5(2)6-4-7(12)8(10)9(11-6)13-3/h4-5H,1-3H3,(H,11,12). The molecule has 0 radical (unpaired) electrons. The lowest BCUT2D eigenvalue weighted by atomic mass is 10.1. The van der Waals surface area contributed by atoms with Crippen molar-refractivity contribution in [1.82, 2.24) is 4.98 Å². The maximum atomic E-state index is 9.49. The summed E-state index contributed by atoms with van der Waals surface area (Å²) in [5.41, 5.74) is 0.817. The van der Waals surface area contributed by atoms with Gasteiger partial charge in [-0.3, -0.25) is 0 Å². The number of rotatable bonds is 2. The first kappa shape index (κ1) is 10.3. The topological polar surface area (TPSA) is 42.4 Å². The van der Waals surface area contributed by atoms with E-state index in [1.54, 1.807) is 6.07 Å². The van der Waals surface area contributed by atoms with E-state index >= 15 is 0 Å². The van der Waals surface area contributed by atoms with Crippen molar-refractivity contribution in [2.24, 2.45) is 0 Å². The summed E-state index contributed by atoms with van der Waals surface area (Å²) in [6.45, 7) is 4.02. The van der Waals surface area contributed by atoms with Gasteiger partial charge in [-0.15, -0.1) is 0 Å². The van der Waals surface area contributed by atoms with Crippen LogP contribution in [0.2, 0.25) is 0 Å². The average molecular weight is 246 g/mol. The van der Waals surface area contributed by atoms with E-state index in [2.05, 4.69) is 20.9 Å². The van der Waals surface area contributed by atoms with E-state index in [0.717, 1.165) is 5.69 Å². The van der Waals surface area contributed by atoms with Crippen LogP contribution in [-0.4, -0.2) is 17.2 Å². The van der Waals surface area contributed by atoms with Crippen molar-refractivity contribution in [3.05, 3.63) is 16.2 Å². The molecule has 0 saturated heterocycles. The quantitative estimate of drug-likeness (QED) is 0.872. The minimum atomic E-state index is 0.163. The molecular weight excluding hydrogens is 234 g/mol. The minimum Gasteiger partial charge on any atom is -0.506 e. The Morgan fingerprint density at radius 2 is 2.15 bits per heavy atom. The molecule has 0 atom stereocenters. The Hall–Kier alpha value is -0.770. The Morgan fingerprint density at radius 3 is 2.62 bits per heavy atom. The van der Waals surface area contributed by atoms with Crippen molar-refractivity contribution in [3.8, 4) is 11.6 Å². The second-order valence-electron chi connectivity index (χ2n) is 3.04. The van der Waals surface area contributed by atoms with E-state index < -0.39 is 0 Å². The molecule has 0 aliphatic rings. The predicted molar refractivity (Wildman–Crippen MR) is 54.2 cm³/mol. The molecule has 1 heterocycles. The van der Waals surface area contributed by atoms with Gasteiger partial charge in [-0.1, -0.05) is 13.8 Å². The molecule has 13 heavy (non-hydrogen) atoms. The Morgan fingerprint density at radius 1 is 1.54 bits per heavy atom. The van der Waals surface area contributed by atoms with E-state index in [-0.39, 0.29) is 11.7 Å². The third-order valence-corrected chi connectivity index (χ3v) is 2.46. The van der Waals surface area contributed by atoms with Crippen LogP contribution >= 0.6 is 15.9 Å². The highest BCUT2D eigenvalue weighted by molar-refractivity contribution is 9.10. The van der Waals surface area contributed by atoms with Gasteiger partial charge in [0, 0.05) is 6.07 Å². The lowest BCUT2D eigenvalue weighted by Crippen LogP contribution is -1.96. The summed E-state index contributed by atoms with van der Waals surface area (Å²) in [6, 6.07) is 1.64. The van der Waals surface area contributed by atoms with Gasteiger partial charge in [-0.05, 0) is 21.8 Å². The maximum Gasteiger partial charge on any atom is 0.231 e. The first-order valence-corrected chi connectivity index (χ1v) is 4.79. The third kappa shape index (κ3) is 2.12. The molecule has 1 rings (SSSR count). The van der Waals surface area contributed by atoms with Gasteiger partial charge in [-0.25, -0.2) is 4.98 Å². The zero-order valence-corrected chi connectivity index (χ0v) is 9.42. The molecule has 72 valence electrons. The second kappa shape index (κ2) is 3.96. The average Bonchev–Trinajstić information content (AvgIpc) is 2.09. The molecule has 0 unspecified atom stereocenters. The zero-order valence-electron chi connectivity index (χ0n) is 7.84. The van der Waals surface area contributed by atoms with Crippen LogP contribution in [0, 0.1) is 0 Å². The molecule has 4 heteroatoms. The molecule has 1 aromatic heterocycles. The van der Waals surface area contributed by atoms with Crippen LogP contribution in [0.25, 0.3) is 0 Å². The molecule has 0 aromatic carbocycles. The van der Waals surface area contributed by atoms with Gasteiger partial charge in [0.15, 0.2) is 0 Å². The summed E-state index contributed by atoms with van der Waals surface area (Å²) in [7, 11) is 1.52. The lowest BCUT2D eigenvalue weighted by Gasteiger charge is -2.09. The molecule has 0 saturated carbocycles. The number of halogens is 1. The summed E-state index contributed by atoms with van der Waals surface area (Å²) in [6.07, 6.45) is 0. The highest BCUT2D eigenvalue weighted by Crippen LogP contribution is 2.33. The Kier molecular flexibility index (Phi) is 3.14. The molecule has 1 N–H and O–H groups in total. The summed E-state index contributed by atoms with van der Waals surface area (Å²) >= 11 is 3.19. The molecule has 0 fully saturated rings. The number of hydrogen-bond acceptors (Lipinski definition) is 3. The molecule has 0 spiro atoms. The SMILES string of the molecule is COc1nc(C(C)C)cc(O)c1Br. The van der Waals surface area contributed by atoms with E-state index in [4.69, 9.17) is 4.74 Å². The first-order valence-electron chi connectivity index (χ1n) is 3.99. The summed E-state index contributed by atoms with van der Waals surface area (Å²) in [5, 5.41) is 9.49. The fraction of sp³-hybridized carbons (Fsp3) is 0.444. The van der Waals surface area contributed by atoms with Crippen LogP contribution in [-0.2, 0) is 0 Å². The number of ether oxygens (including phenoxy) is 1. The number of aromatic hydroxyl groups is 1. The van der Waals surface area contributed by atoms with Gasteiger partial charge in [0.05, 0.1) is 12.8 Å². The predicted octanol–water partition coefficient (Wildman–Crippen LogP) is 2.68. The zero-order chi connectivity index (χ0) is 10.0. The smallest absolute Gasteiger partial charge is 0.231 e. The third-order valence-electron chi connectivity index (χ3n) is 1.71. The van der Waals surface area contributed by atoms with Crippen molar-refractivity contribution in [2.75, 3.05) is 7.11 Å². The van der Waals surface area contributed by atoms with E-state index in [1.807, 2.05) is 13.8 Å². The van der Waals surface area contributed by atoms with E-state index in [1.165, 1.54) is 7.11 Å². The number of hydrogen-bond donors (Lipinski definition) is 1. The summed E-state index contributed by atoms with van der Waals surface area (Å²) < 4.78 is 5.50. The summed E-state index contributed by atoms with van der Waals surface area (Å²) in [4.78, 5) is 4.22. The van der Waals surface area contributed by atoms with Gasteiger partial charge in [0.25, 0.3) is 0 Å². The largest absolute Gasteiger partial charge is 0.506 e. The number of pyridine rings is 1. The van der Waals surface area contributed by atoms with Crippen molar-refractivity contribution >= 4 is 15.9 Å². The summed E-state index contributed by atoms with van der Waals surface area (Å²) in [5.74, 6) is 0.854. The fourth-order valence-corrected chi connectivity index (χ4v) is 1.31. The molecule has 0 amide bonds. The van der Waals surface area contributed by atoms with Crippen LogP contribution in [0.4, 0.5) is 0 Å². The lowest BCUT2D eigenvalue weighted by molar-refractivity contribution is 0.384. The van der Waals surface area contributed by atoms with Crippen LogP contribution < -0.4 is 4.74 Å². The van der Waals surface area contributed by atoms with Crippen LogP contribution in [0.1, 0.15) is 25.5 Å². The van der Waals surface area contributed by atoms with E-state index in [0.29, 0.717) is 10.4 Å². The van der Waals surface area contributed by atoms with E-state index in [9.17, 15) is 5.11 Å². The first-order chi connectivity index (χ1) is 6.06. The number of methoxy groups -OCH3 is 1. The highest BCUT2D eigenvalue weighted by Gasteiger charge is 2.11. The maximum absolute atomic E-state index is 9.49. The molecule has 0 aliphatic carbocycles. The minimum absolute atomic E-state index is 0.163. The van der Waals surface area contributed by atoms with Crippen LogP contribution in [0.5, 0.6) is 11.6 Å². The second-order valence-corrected chi connectivity index (χ2v) is 3.84. The van der Waals surface area contributed by atoms with Gasteiger partial charge in [0.2, 0.25) is 5.88 Å². The van der Waals surface area contributed by atoms with Crippen LogP contribution in [0.15, 0.2) is 10.5 Å². The fourth-order valence-electron chi connectivity index (χ4n) is 0.943. The highest BCUT2D eigenvalue weighted by atomic mass is 79.9. The molecule has 0 bridgehead atoms. The number of aromatic nitrogens is 1. The molecular formula is C9H12BrNO2. The normalized spacial score (nSPS) is 10.5. The molecule has 1 aromatic rings. The van der Waals surface area contributed by atoms with Gasteiger partial charge in [-0.2, -0.15) is 0 Å². The van der Waals surface area contributed by atoms with Crippen molar-refractivity contribution in [2.45, 2.75) is 19.8 Å². The molecule has 0 aliphatic heterocycles. The van der Waals surface area contributed by atoms with Crippen molar-refractivity contribution in [1.29, 1.82) is 0 Å². The van der Waals surface area contributed by atoms with Gasteiger partial charge >= 0.3 is 0 Å². The Balaban J connectivity index is 3.22. The molecule has 3 nitrogen and oxygen atoms in total. The van der Waals surface area contributed by atoms with Gasteiger partial charge < -0.3 is 9.84 Å². The van der Waals surface area contributed by atoms with Crippen molar-refractivity contribution in [3.63, 3.8) is 0 Å². The van der Waals surface area contributed by atoms with Gasteiger partial charge in [0.1, 0.15) is 10.2 Å². The Labute approximate surface area is 85.9 Å². The van der Waals surface area contributed by atoms with Crippen LogP contribution in [0.3, 0.4) is 0 Å². The number of nitrogens with zero attached hydrogens (tertiary/aromatic N) is 1. The Bertz CT molecular complexity index is 313. The monoisotopic (exact) mass is 245 g/mol. The van der Waals surface area contributed by atoms with Crippen molar-refractivity contribution < 1.29 is 9.84 Å².